The van der Waals surface area contributed by atoms with E-state index in [0.29, 0.717) is 75.4 Å². The number of imide groups is 1. The number of carbonyl (C=O) groups is 4. The van der Waals surface area contributed by atoms with Crippen LogP contribution in [0.15, 0.2) is 72.9 Å². The van der Waals surface area contributed by atoms with Gasteiger partial charge in [-0.25, -0.2) is 4.98 Å². The Bertz CT molecular complexity index is 2460. The van der Waals surface area contributed by atoms with Gasteiger partial charge in [0.25, 0.3) is 17.7 Å². The Morgan fingerprint density at radius 2 is 1.50 bits per heavy atom. The zero-order valence-corrected chi connectivity index (χ0v) is 37.9. The number of anilines is 1. The van der Waals surface area contributed by atoms with Crippen molar-refractivity contribution in [2.45, 2.75) is 63.3 Å². The number of piperidine rings is 1. The molecular formula is C49H58F3N7O9. The lowest BCUT2D eigenvalue weighted by Crippen LogP contribution is -2.51. The number of aliphatic hydroxyl groups excluding tert-OH is 1. The van der Waals surface area contributed by atoms with Crippen LogP contribution in [0.1, 0.15) is 86.8 Å². The highest BCUT2D eigenvalue weighted by molar-refractivity contribution is 6.23. The molecule has 1 atom stereocenters. The first-order valence-electron chi connectivity index (χ1n) is 23.3. The van der Waals surface area contributed by atoms with Crippen molar-refractivity contribution < 1.29 is 56.4 Å². The van der Waals surface area contributed by atoms with Gasteiger partial charge in [0.2, 0.25) is 11.9 Å². The molecule has 1 aromatic heterocycles. The van der Waals surface area contributed by atoms with Gasteiger partial charge < -0.3 is 33.9 Å². The van der Waals surface area contributed by atoms with E-state index >= 15 is 0 Å². The molecule has 4 aliphatic rings. The van der Waals surface area contributed by atoms with Crippen molar-refractivity contribution in [1.82, 2.24) is 29.6 Å². The molecule has 3 N–H and O–H groups in total. The molecular weight excluding hydrogens is 888 g/mol. The summed E-state index contributed by atoms with van der Waals surface area (Å²) in [5.74, 6) is -1.15. The van der Waals surface area contributed by atoms with Crippen LogP contribution in [0.3, 0.4) is 0 Å². The van der Waals surface area contributed by atoms with Crippen molar-refractivity contribution in [3.8, 4) is 5.75 Å². The Kier molecular flexibility index (Phi) is 15.9. The van der Waals surface area contributed by atoms with Crippen molar-refractivity contribution in [2.24, 2.45) is 5.92 Å². The first-order valence-corrected chi connectivity index (χ1v) is 23.3. The van der Waals surface area contributed by atoms with Crippen LogP contribution in [0.2, 0.25) is 0 Å². The summed E-state index contributed by atoms with van der Waals surface area (Å²) in [5, 5.41) is 15.2. The van der Waals surface area contributed by atoms with Crippen LogP contribution in [0.5, 0.6) is 5.75 Å². The van der Waals surface area contributed by atoms with E-state index in [1.807, 2.05) is 16.7 Å². The molecule has 8 rings (SSSR count). The number of aliphatic hydroxyl groups is 1. The fourth-order valence-corrected chi connectivity index (χ4v) is 9.30. The molecule has 68 heavy (non-hydrogen) atoms. The van der Waals surface area contributed by atoms with Gasteiger partial charge in [-0.2, -0.15) is 13.2 Å². The number of ether oxygens (including phenoxy) is 4. The van der Waals surface area contributed by atoms with Crippen molar-refractivity contribution in [2.75, 3.05) is 90.9 Å². The van der Waals surface area contributed by atoms with Crippen LogP contribution in [0, 0.1) is 5.92 Å². The van der Waals surface area contributed by atoms with E-state index < -0.39 is 41.4 Å². The minimum absolute atomic E-state index is 0.0136. The number of benzene rings is 3. The summed E-state index contributed by atoms with van der Waals surface area (Å²) in [7, 11) is 0. The summed E-state index contributed by atoms with van der Waals surface area (Å²) < 4.78 is 65.1. The second-order valence-corrected chi connectivity index (χ2v) is 17.7. The molecule has 0 spiro atoms. The van der Waals surface area contributed by atoms with E-state index in [2.05, 4.69) is 33.1 Å². The number of amides is 4. The fourth-order valence-electron chi connectivity index (χ4n) is 9.30. The summed E-state index contributed by atoms with van der Waals surface area (Å²) >= 11 is 0. The van der Waals surface area contributed by atoms with Gasteiger partial charge in [0, 0.05) is 63.2 Å². The standard InChI is InChI=1S/C49H58F3N7O9/c1-32-5-13-43(45(62)53-32)59-46(63)39-12-11-38(29-40(39)47(59)64)68-26-25-67-24-23-66-22-21-65-20-19-56-15-17-57(18-16-56)30-34-8-14-42-41(27-34)54-48(58(42)37-9-6-33(31-60)7-10-37)55-44(61)35-3-2-4-36(28-35)49(50,51)52/h2-4,8,11-12,14,27-29,33,37,43,60H,1,5-7,9-10,13,15-26,30-31H2,(H,53,62)(H,54,55,61)/t33-,37+,43?. The number of halogens is 3. The highest BCUT2D eigenvalue weighted by atomic mass is 19.4. The lowest BCUT2D eigenvalue weighted by atomic mass is 9.86. The first-order chi connectivity index (χ1) is 32.9. The van der Waals surface area contributed by atoms with Crippen molar-refractivity contribution in [3.05, 3.63) is 101 Å². The average Bonchev–Trinajstić information content (AvgIpc) is 3.81. The molecule has 1 unspecified atom stereocenters. The summed E-state index contributed by atoms with van der Waals surface area (Å²) in [6, 6.07) is 14.3. The van der Waals surface area contributed by atoms with E-state index in [-0.39, 0.29) is 41.9 Å². The van der Waals surface area contributed by atoms with E-state index in [1.165, 1.54) is 18.2 Å². The second-order valence-electron chi connectivity index (χ2n) is 17.7. The largest absolute Gasteiger partial charge is 0.491 e. The van der Waals surface area contributed by atoms with E-state index in [4.69, 9.17) is 23.9 Å². The predicted molar refractivity (Wildman–Crippen MR) is 244 cm³/mol. The minimum atomic E-state index is -4.58. The van der Waals surface area contributed by atoms with Gasteiger partial charge in [-0.3, -0.25) is 39.2 Å². The number of imidazole rings is 1. The number of hydrogen-bond donors (Lipinski definition) is 3. The van der Waals surface area contributed by atoms with E-state index in [1.54, 1.807) is 12.1 Å². The molecule has 2 saturated heterocycles. The molecule has 4 aromatic rings. The zero-order chi connectivity index (χ0) is 47.8. The number of nitrogens with one attached hydrogen (secondary N) is 2. The van der Waals surface area contributed by atoms with Gasteiger partial charge in [-0.15, -0.1) is 0 Å². The Morgan fingerprint density at radius 3 is 2.21 bits per heavy atom. The normalized spacial score (nSPS) is 20.5. The third kappa shape index (κ3) is 11.8. The SMILES string of the molecule is C=C1CCC(N2C(=O)c3ccc(OCCOCCOCCOCCN4CCN(Cc5ccc6c(c5)nc(NC(=O)c5cccc(C(F)(F)F)c5)n6[C@H]5CC[C@@H](CO)CC5)CC4)cc3C2=O)C(=O)N1. The number of carbonyl (C=O) groups excluding carboxylic acids is 4. The molecule has 0 bridgehead atoms. The van der Waals surface area contributed by atoms with Crippen molar-refractivity contribution in [1.29, 1.82) is 0 Å². The third-order valence-electron chi connectivity index (χ3n) is 13.1. The number of rotatable bonds is 20. The summed E-state index contributed by atoms with van der Waals surface area (Å²) in [5.41, 5.74) is 2.63. The quantitative estimate of drug-likeness (QED) is 0.0733. The van der Waals surface area contributed by atoms with Gasteiger partial charge in [-0.1, -0.05) is 18.7 Å². The molecule has 364 valence electrons. The van der Waals surface area contributed by atoms with Gasteiger partial charge in [0.1, 0.15) is 18.4 Å². The number of aromatic nitrogens is 2. The van der Waals surface area contributed by atoms with Crippen LogP contribution >= 0.6 is 0 Å². The molecule has 3 aromatic carbocycles. The molecule has 4 amide bonds. The highest BCUT2D eigenvalue weighted by Gasteiger charge is 2.44. The Labute approximate surface area is 392 Å². The molecule has 1 aliphatic carbocycles. The number of nitrogens with zero attached hydrogens (tertiary/aromatic N) is 5. The maximum atomic E-state index is 13.4. The van der Waals surface area contributed by atoms with Crippen LogP contribution in [-0.2, 0) is 31.7 Å². The van der Waals surface area contributed by atoms with Crippen LogP contribution in [-0.4, -0.2) is 145 Å². The zero-order valence-electron chi connectivity index (χ0n) is 37.9. The van der Waals surface area contributed by atoms with E-state index in [0.717, 1.165) is 93.1 Å². The monoisotopic (exact) mass is 945 g/mol. The first kappa shape index (κ1) is 48.7. The van der Waals surface area contributed by atoms with Crippen molar-refractivity contribution in [3.63, 3.8) is 0 Å². The third-order valence-corrected chi connectivity index (χ3v) is 13.1. The summed E-state index contributed by atoms with van der Waals surface area (Å²) in [6.45, 7) is 11.7. The molecule has 19 heteroatoms. The molecule has 16 nitrogen and oxygen atoms in total. The Morgan fingerprint density at radius 1 is 0.809 bits per heavy atom. The Balaban J connectivity index is 0.707. The van der Waals surface area contributed by atoms with Crippen LogP contribution in [0.4, 0.5) is 19.1 Å². The topological polar surface area (TPSA) is 177 Å². The number of piperazine rings is 1. The van der Waals surface area contributed by atoms with Gasteiger partial charge in [0.05, 0.1) is 67.4 Å². The second kappa shape index (κ2) is 22.2. The van der Waals surface area contributed by atoms with Crippen LogP contribution < -0.4 is 15.4 Å². The molecule has 1 saturated carbocycles. The average molecular weight is 946 g/mol. The number of allylic oxidation sites excluding steroid dienone is 1. The van der Waals surface area contributed by atoms with Crippen molar-refractivity contribution >= 4 is 40.6 Å². The van der Waals surface area contributed by atoms with Gasteiger partial charge >= 0.3 is 6.18 Å². The van der Waals surface area contributed by atoms with Crippen LogP contribution in [0.25, 0.3) is 11.0 Å². The smallest absolute Gasteiger partial charge is 0.416 e. The maximum absolute atomic E-state index is 13.4. The Hall–Kier alpha value is -5.70. The molecule has 3 fully saturated rings. The molecule has 0 radical (unpaired) electrons. The maximum Gasteiger partial charge on any atom is 0.416 e. The minimum Gasteiger partial charge on any atom is -0.491 e. The molecule has 4 heterocycles. The number of alkyl halides is 3. The summed E-state index contributed by atoms with van der Waals surface area (Å²) in [4.78, 5) is 62.4. The van der Waals surface area contributed by atoms with E-state index in [9.17, 15) is 37.5 Å². The highest BCUT2D eigenvalue weighted by Crippen LogP contribution is 2.38. The predicted octanol–water partition coefficient (Wildman–Crippen LogP) is 5.67. The number of fused-ring (bicyclic) bond motifs is 2. The molecule has 3 aliphatic heterocycles. The summed E-state index contributed by atoms with van der Waals surface area (Å²) in [6.07, 6.45) is -0.540. The van der Waals surface area contributed by atoms with Gasteiger partial charge in [-0.05, 0) is 98.5 Å². The lowest BCUT2D eigenvalue weighted by Gasteiger charge is -2.34. The lowest BCUT2D eigenvalue weighted by molar-refractivity contribution is -0.137. The van der Waals surface area contributed by atoms with Gasteiger partial charge in [0.15, 0.2) is 0 Å². The number of hydrogen-bond acceptors (Lipinski definition) is 12. The fraction of sp³-hybridized carbons (Fsp3) is 0.490.